The minimum absolute atomic E-state index is 0.384. The number of hydrogen-bond acceptors (Lipinski definition) is 6. The number of rotatable bonds is 4. The molecule has 0 fully saturated rings. The lowest BCUT2D eigenvalue weighted by Gasteiger charge is -2.29. The first-order valence-electron chi connectivity index (χ1n) is 8.26. The first-order valence-corrected chi connectivity index (χ1v) is 8.67. The summed E-state index contributed by atoms with van der Waals surface area (Å²) >= 11 is 4.64. The zero-order valence-corrected chi connectivity index (χ0v) is 14.1. The molecular formula is C17H20N6S. The molecule has 3 heterocycles. The molecule has 1 aliphatic carbocycles. The van der Waals surface area contributed by atoms with Gasteiger partial charge < -0.3 is 15.3 Å². The van der Waals surface area contributed by atoms with E-state index in [0.29, 0.717) is 18.6 Å². The van der Waals surface area contributed by atoms with Crippen molar-refractivity contribution in [1.29, 1.82) is 0 Å². The zero-order valence-electron chi connectivity index (χ0n) is 13.3. The van der Waals surface area contributed by atoms with Crippen molar-refractivity contribution in [3.05, 3.63) is 46.9 Å². The summed E-state index contributed by atoms with van der Waals surface area (Å²) in [7, 11) is 0. The fraction of sp³-hybridized carbons (Fsp3) is 0.412. The fourth-order valence-electron chi connectivity index (χ4n) is 3.48. The lowest BCUT2D eigenvalue weighted by Crippen LogP contribution is -2.39. The molecule has 0 saturated heterocycles. The number of H-pyrrole nitrogens is 1. The van der Waals surface area contributed by atoms with Crippen molar-refractivity contribution in [2.75, 3.05) is 19.8 Å². The Morgan fingerprint density at radius 2 is 2.33 bits per heavy atom. The average molecular weight is 340 g/mol. The minimum atomic E-state index is 0.384. The van der Waals surface area contributed by atoms with Gasteiger partial charge in [-0.1, -0.05) is 12.2 Å². The molecule has 2 unspecified atom stereocenters. The quantitative estimate of drug-likeness (QED) is 0.423. The molecule has 6 nitrogen and oxygen atoms in total. The summed E-state index contributed by atoms with van der Waals surface area (Å²) in [5.41, 5.74) is 6.89. The van der Waals surface area contributed by atoms with Crippen LogP contribution in [0.3, 0.4) is 0 Å². The van der Waals surface area contributed by atoms with Crippen LogP contribution in [-0.4, -0.2) is 41.0 Å². The highest BCUT2D eigenvalue weighted by atomic mass is 32.1. The fourth-order valence-corrected chi connectivity index (χ4v) is 3.55. The molecule has 1 aromatic rings. The van der Waals surface area contributed by atoms with Crippen molar-refractivity contribution in [2.24, 2.45) is 15.9 Å². The van der Waals surface area contributed by atoms with Gasteiger partial charge in [0, 0.05) is 29.7 Å². The van der Waals surface area contributed by atoms with Gasteiger partial charge in [0.25, 0.3) is 0 Å². The number of nitrogens with one attached hydrogen (secondary N) is 3. The maximum absolute atomic E-state index is 4.64. The van der Waals surface area contributed by atoms with Gasteiger partial charge in [0.15, 0.2) is 0 Å². The SMILES string of the molecule is S=C=NCC1C=CC(N2C=C(C3=c4cc[nH]c4=NCN3)CN2)CC1. The van der Waals surface area contributed by atoms with Gasteiger partial charge in [0.05, 0.1) is 23.4 Å². The van der Waals surface area contributed by atoms with E-state index >= 15 is 0 Å². The maximum Gasteiger partial charge on any atom is 0.136 e. The molecular weight excluding hydrogens is 320 g/mol. The Morgan fingerprint density at radius 3 is 3.17 bits per heavy atom. The zero-order chi connectivity index (χ0) is 16.4. The van der Waals surface area contributed by atoms with E-state index in [1.165, 1.54) is 11.3 Å². The highest BCUT2D eigenvalue weighted by Gasteiger charge is 2.24. The van der Waals surface area contributed by atoms with E-state index in [1.54, 1.807) is 0 Å². The molecule has 124 valence electrons. The monoisotopic (exact) mass is 340 g/mol. The number of fused-ring (bicyclic) bond motifs is 1. The largest absolute Gasteiger partial charge is 0.365 e. The molecule has 0 spiro atoms. The van der Waals surface area contributed by atoms with Crippen LogP contribution in [-0.2, 0) is 0 Å². The van der Waals surface area contributed by atoms with Crippen LogP contribution in [0.1, 0.15) is 12.8 Å². The van der Waals surface area contributed by atoms with E-state index in [4.69, 9.17) is 0 Å². The number of thiocarbonyl (C=S) groups is 1. The summed E-state index contributed by atoms with van der Waals surface area (Å²) in [6.45, 7) is 2.20. The lowest BCUT2D eigenvalue weighted by atomic mass is 9.93. The Hall–Kier alpha value is -2.21. The third-order valence-corrected chi connectivity index (χ3v) is 4.87. The summed E-state index contributed by atoms with van der Waals surface area (Å²) in [6.07, 6.45) is 10.9. The van der Waals surface area contributed by atoms with Gasteiger partial charge in [-0.05, 0) is 37.0 Å². The summed E-state index contributed by atoms with van der Waals surface area (Å²) in [5.74, 6) is 0.487. The van der Waals surface area contributed by atoms with Crippen molar-refractivity contribution in [3.63, 3.8) is 0 Å². The molecule has 0 amide bonds. The molecule has 0 bridgehead atoms. The van der Waals surface area contributed by atoms with Crippen molar-refractivity contribution in [1.82, 2.24) is 20.7 Å². The van der Waals surface area contributed by atoms with Gasteiger partial charge in [-0.25, -0.2) is 15.4 Å². The highest BCUT2D eigenvalue weighted by molar-refractivity contribution is 7.78. The molecule has 3 N–H and O–H groups in total. The Morgan fingerprint density at radius 1 is 1.38 bits per heavy atom. The second kappa shape index (κ2) is 6.73. The van der Waals surface area contributed by atoms with Crippen LogP contribution >= 0.6 is 12.2 Å². The third-order valence-electron chi connectivity index (χ3n) is 4.74. The summed E-state index contributed by atoms with van der Waals surface area (Å²) in [6, 6.07) is 2.46. The first kappa shape index (κ1) is 15.3. The van der Waals surface area contributed by atoms with Crippen molar-refractivity contribution in [2.45, 2.75) is 18.9 Å². The van der Waals surface area contributed by atoms with E-state index < -0.39 is 0 Å². The summed E-state index contributed by atoms with van der Waals surface area (Å²) in [5, 5.41) is 9.22. The standard InChI is InChI=1S/C17H20N6S/c24-11-18-7-12-1-3-14(4-2-12)23-9-13(8-22-23)16-15-5-6-19-17(15)21-10-20-16/h1,3,5-6,9,12,14,20,22H,2,4,7-8,10H2,(H,19,21). The van der Waals surface area contributed by atoms with Gasteiger partial charge in [0.2, 0.25) is 0 Å². The number of aliphatic imine (C=N–C) groups is 1. The molecule has 4 rings (SSSR count). The van der Waals surface area contributed by atoms with Crippen molar-refractivity contribution >= 4 is 23.1 Å². The normalized spacial score (nSPS) is 25.4. The smallest absolute Gasteiger partial charge is 0.136 e. The van der Waals surface area contributed by atoms with E-state index in [-0.39, 0.29) is 0 Å². The number of nitrogens with zero attached hydrogens (tertiary/aromatic N) is 3. The maximum atomic E-state index is 4.64. The molecule has 2 atom stereocenters. The Balaban J connectivity index is 1.52. The number of hydrazine groups is 1. The van der Waals surface area contributed by atoms with Crippen LogP contribution in [0.5, 0.6) is 0 Å². The van der Waals surface area contributed by atoms with Crippen molar-refractivity contribution < 1.29 is 0 Å². The number of isothiocyanates is 1. The Bertz CT molecular complexity index is 845. The van der Waals surface area contributed by atoms with Crippen LogP contribution in [0.15, 0.2) is 46.2 Å². The number of hydrogen-bond donors (Lipinski definition) is 3. The highest BCUT2D eigenvalue weighted by Crippen LogP contribution is 2.24. The number of aromatic nitrogens is 1. The first-order chi connectivity index (χ1) is 11.8. The van der Waals surface area contributed by atoms with Gasteiger partial charge in [-0.2, -0.15) is 0 Å². The van der Waals surface area contributed by atoms with E-state index in [9.17, 15) is 0 Å². The van der Waals surface area contributed by atoms with E-state index in [1.807, 2.05) is 6.20 Å². The summed E-state index contributed by atoms with van der Waals surface area (Å²) < 4.78 is 0. The van der Waals surface area contributed by atoms with E-state index in [2.05, 4.69) is 72.5 Å². The molecule has 0 aromatic carbocycles. The second-order valence-electron chi connectivity index (χ2n) is 6.23. The summed E-state index contributed by atoms with van der Waals surface area (Å²) in [4.78, 5) is 11.7. The number of aromatic amines is 1. The lowest BCUT2D eigenvalue weighted by molar-refractivity contribution is 0.231. The molecule has 7 heteroatoms. The van der Waals surface area contributed by atoms with Gasteiger partial charge in [-0.15, -0.1) is 0 Å². The van der Waals surface area contributed by atoms with E-state index in [0.717, 1.165) is 36.6 Å². The molecule has 24 heavy (non-hydrogen) atoms. The average Bonchev–Trinajstić information content (AvgIpc) is 3.29. The van der Waals surface area contributed by atoms with Crippen LogP contribution in [0.2, 0.25) is 0 Å². The van der Waals surface area contributed by atoms with Gasteiger partial charge in [0.1, 0.15) is 12.2 Å². The van der Waals surface area contributed by atoms with Gasteiger partial charge >= 0.3 is 0 Å². The van der Waals surface area contributed by atoms with Gasteiger partial charge in [-0.3, -0.25) is 0 Å². The minimum Gasteiger partial charge on any atom is -0.365 e. The molecule has 0 radical (unpaired) electrons. The van der Waals surface area contributed by atoms with Crippen LogP contribution in [0.25, 0.3) is 5.70 Å². The van der Waals surface area contributed by atoms with Crippen LogP contribution in [0, 0.1) is 5.92 Å². The third kappa shape index (κ3) is 2.94. The molecule has 0 saturated carbocycles. The second-order valence-corrected chi connectivity index (χ2v) is 6.41. The van der Waals surface area contributed by atoms with Crippen molar-refractivity contribution in [3.8, 4) is 0 Å². The van der Waals surface area contributed by atoms with Crippen LogP contribution < -0.4 is 21.4 Å². The van der Waals surface area contributed by atoms with Crippen LogP contribution in [0.4, 0.5) is 0 Å². The topological polar surface area (TPSA) is 67.8 Å². The predicted octanol–water partition coefficient (Wildman–Crippen LogP) is 0.445. The molecule has 1 aromatic heterocycles. The predicted molar refractivity (Wildman–Crippen MR) is 96.5 cm³/mol. The Kier molecular flexibility index (Phi) is 4.30. The Labute approximate surface area is 145 Å². The molecule has 3 aliphatic rings. The molecule has 2 aliphatic heterocycles.